The molecule has 0 radical (unpaired) electrons. The van der Waals surface area contributed by atoms with Crippen molar-refractivity contribution in [3.05, 3.63) is 47.1 Å². The van der Waals surface area contributed by atoms with Crippen LogP contribution >= 0.6 is 0 Å². The van der Waals surface area contributed by atoms with Crippen LogP contribution in [0, 0.1) is 0 Å². The molecule has 2 N–H and O–H groups in total. The highest BCUT2D eigenvalue weighted by Gasteiger charge is 2.32. The number of carbonyl (C=O) groups is 1. The van der Waals surface area contributed by atoms with Crippen molar-refractivity contribution in [2.75, 3.05) is 0 Å². The number of phenols is 1. The van der Waals surface area contributed by atoms with E-state index >= 15 is 0 Å². The third-order valence-corrected chi connectivity index (χ3v) is 5.06. The fourth-order valence-electron chi connectivity index (χ4n) is 3.30. The number of hydrogen-bond acceptors (Lipinski definition) is 5. The van der Waals surface area contributed by atoms with Crippen LogP contribution in [-0.2, 0) is 9.53 Å². The zero-order chi connectivity index (χ0) is 18.9. The van der Waals surface area contributed by atoms with E-state index in [0.717, 1.165) is 12.8 Å². The van der Waals surface area contributed by atoms with Crippen molar-refractivity contribution < 1.29 is 24.5 Å². The summed E-state index contributed by atoms with van der Waals surface area (Å²) < 4.78 is 11.4. The van der Waals surface area contributed by atoms with E-state index in [0.29, 0.717) is 29.7 Å². The first kappa shape index (κ1) is 18.5. The van der Waals surface area contributed by atoms with Crippen molar-refractivity contribution in [2.45, 2.75) is 64.3 Å². The first-order chi connectivity index (χ1) is 12.3. The summed E-state index contributed by atoms with van der Waals surface area (Å²) in [7, 11) is 0. The number of aliphatic hydroxyl groups is 1. The van der Waals surface area contributed by atoms with Gasteiger partial charge < -0.3 is 19.7 Å². The Morgan fingerprint density at radius 2 is 2.00 bits per heavy atom. The van der Waals surface area contributed by atoms with Gasteiger partial charge in [0, 0.05) is 11.1 Å². The summed E-state index contributed by atoms with van der Waals surface area (Å²) in [5.74, 6) is 0.225. The maximum absolute atomic E-state index is 12.1. The molecule has 0 saturated carbocycles. The topological polar surface area (TPSA) is 76.0 Å². The Morgan fingerprint density at radius 1 is 1.23 bits per heavy atom. The molecule has 5 nitrogen and oxygen atoms in total. The zero-order valence-corrected chi connectivity index (χ0v) is 15.5. The van der Waals surface area contributed by atoms with Gasteiger partial charge in [-0.05, 0) is 70.7 Å². The summed E-state index contributed by atoms with van der Waals surface area (Å²) in [5.41, 5.74) is 1.50. The minimum absolute atomic E-state index is 0.0473. The van der Waals surface area contributed by atoms with Gasteiger partial charge in [-0.1, -0.05) is 11.6 Å². The Kier molecular flexibility index (Phi) is 5.10. The smallest absolute Gasteiger partial charge is 0.334 e. The summed E-state index contributed by atoms with van der Waals surface area (Å²) >= 11 is 0. The number of carbonyl (C=O) groups excluding carboxylic acids is 1. The van der Waals surface area contributed by atoms with E-state index in [-0.39, 0.29) is 11.7 Å². The predicted molar refractivity (Wildman–Crippen MR) is 98.0 cm³/mol. The van der Waals surface area contributed by atoms with Gasteiger partial charge in [0.2, 0.25) is 0 Å². The molecule has 2 atom stereocenters. The molecule has 0 fully saturated rings. The zero-order valence-electron chi connectivity index (χ0n) is 15.5. The van der Waals surface area contributed by atoms with Crippen molar-refractivity contribution in [3.8, 4) is 11.5 Å². The summed E-state index contributed by atoms with van der Waals surface area (Å²) in [6.07, 6.45) is 5.30. The lowest BCUT2D eigenvalue weighted by Crippen LogP contribution is -2.42. The number of aliphatic hydroxyl groups excluding tert-OH is 1. The van der Waals surface area contributed by atoms with Crippen LogP contribution in [0.1, 0.15) is 58.1 Å². The number of hydrogen-bond donors (Lipinski definition) is 2. The second-order valence-corrected chi connectivity index (χ2v) is 7.59. The van der Waals surface area contributed by atoms with Crippen LogP contribution in [0.3, 0.4) is 0 Å². The second-order valence-electron chi connectivity index (χ2n) is 7.59. The molecule has 0 aromatic heterocycles. The summed E-state index contributed by atoms with van der Waals surface area (Å²) in [6.45, 7) is 5.72. The lowest BCUT2D eigenvalue weighted by atomic mass is 9.95. The second kappa shape index (κ2) is 7.16. The third kappa shape index (κ3) is 3.93. The number of allylic oxidation sites excluding steroid dienone is 2. The van der Waals surface area contributed by atoms with E-state index in [4.69, 9.17) is 9.47 Å². The SMILES string of the molecule is CC1=CCCC2=CC(OC2=O)c2cc(ccc2O)OC(C)(C)C(O)CC1. The van der Waals surface area contributed by atoms with Crippen molar-refractivity contribution in [3.63, 3.8) is 0 Å². The molecule has 140 valence electrons. The van der Waals surface area contributed by atoms with Crippen LogP contribution in [0.2, 0.25) is 0 Å². The van der Waals surface area contributed by atoms with E-state index in [2.05, 4.69) is 6.08 Å². The molecule has 0 spiro atoms. The summed E-state index contributed by atoms with van der Waals surface area (Å²) in [6, 6.07) is 4.85. The van der Waals surface area contributed by atoms with Crippen LogP contribution in [0.5, 0.6) is 11.5 Å². The number of fused-ring (bicyclic) bond motifs is 4. The molecule has 26 heavy (non-hydrogen) atoms. The van der Waals surface area contributed by atoms with Gasteiger partial charge in [-0.25, -0.2) is 4.79 Å². The maximum atomic E-state index is 12.1. The van der Waals surface area contributed by atoms with Gasteiger partial charge in [0.25, 0.3) is 0 Å². The molecule has 2 aliphatic heterocycles. The third-order valence-electron chi connectivity index (χ3n) is 5.06. The highest BCUT2D eigenvalue weighted by atomic mass is 16.5. The number of esters is 1. The normalized spacial score (nSPS) is 25.9. The average molecular weight is 358 g/mol. The van der Waals surface area contributed by atoms with E-state index in [1.54, 1.807) is 18.2 Å². The highest BCUT2D eigenvalue weighted by Crippen LogP contribution is 2.38. The summed E-state index contributed by atoms with van der Waals surface area (Å²) in [5, 5.41) is 20.8. The standard InChI is InChI=1S/C21H26O5/c1-13-5-4-6-14-11-18(25-20(14)24)16-12-15(8-9-17(16)22)26-21(2,3)19(23)10-7-13/h5,8-9,11-12,18-19,22-23H,4,6-7,10H2,1-3H3. The molecule has 0 saturated heterocycles. The van der Waals surface area contributed by atoms with Gasteiger partial charge in [-0.2, -0.15) is 0 Å². The molecule has 2 heterocycles. The lowest BCUT2D eigenvalue weighted by molar-refractivity contribution is -0.140. The number of benzene rings is 1. The number of aromatic hydroxyl groups is 1. The number of ether oxygens (including phenoxy) is 2. The van der Waals surface area contributed by atoms with Crippen LogP contribution in [0.25, 0.3) is 0 Å². The van der Waals surface area contributed by atoms with E-state index in [1.807, 2.05) is 20.8 Å². The van der Waals surface area contributed by atoms with Crippen LogP contribution in [0.15, 0.2) is 41.5 Å². The van der Waals surface area contributed by atoms with Crippen molar-refractivity contribution in [1.29, 1.82) is 0 Å². The van der Waals surface area contributed by atoms with Gasteiger partial charge in [-0.3, -0.25) is 0 Å². The quantitative estimate of drug-likeness (QED) is 0.542. The Hall–Kier alpha value is -2.27. The van der Waals surface area contributed by atoms with Crippen LogP contribution in [0.4, 0.5) is 0 Å². The Labute approximate surface area is 153 Å². The molecule has 1 aromatic rings. The Bertz CT molecular complexity index is 760. The first-order valence-electron chi connectivity index (χ1n) is 9.03. The van der Waals surface area contributed by atoms with E-state index in [1.165, 1.54) is 11.6 Å². The Balaban J connectivity index is 1.98. The van der Waals surface area contributed by atoms with E-state index < -0.39 is 17.8 Å². The molecule has 1 aromatic carbocycles. The minimum atomic E-state index is -0.790. The summed E-state index contributed by atoms with van der Waals surface area (Å²) in [4.78, 5) is 12.1. The van der Waals surface area contributed by atoms with Crippen LogP contribution < -0.4 is 4.74 Å². The monoisotopic (exact) mass is 358 g/mol. The number of phenolic OH excluding ortho intramolecular Hbond substituents is 1. The first-order valence-corrected chi connectivity index (χ1v) is 9.03. The predicted octanol–water partition coefficient (Wildman–Crippen LogP) is 3.96. The van der Waals surface area contributed by atoms with Crippen molar-refractivity contribution >= 4 is 5.97 Å². The molecule has 2 aliphatic rings. The molecule has 4 bridgehead atoms. The average Bonchev–Trinajstić information content (AvgIpc) is 2.94. The molecular weight excluding hydrogens is 332 g/mol. The van der Waals surface area contributed by atoms with Crippen molar-refractivity contribution in [1.82, 2.24) is 0 Å². The fraction of sp³-hybridized carbons (Fsp3) is 0.476. The van der Waals surface area contributed by atoms with Gasteiger partial charge >= 0.3 is 5.97 Å². The molecular formula is C21H26O5. The minimum Gasteiger partial charge on any atom is -0.508 e. The number of rotatable bonds is 0. The van der Waals surface area contributed by atoms with E-state index in [9.17, 15) is 15.0 Å². The fourth-order valence-corrected chi connectivity index (χ4v) is 3.30. The molecule has 3 rings (SSSR count). The lowest BCUT2D eigenvalue weighted by Gasteiger charge is -2.32. The maximum Gasteiger partial charge on any atom is 0.334 e. The highest BCUT2D eigenvalue weighted by molar-refractivity contribution is 5.91. The molecule has 0 aliphatic carbocycles. The largest absolute Gasteiger partial charge is 0.508 e. The Morgan fingerprint density at radius 3 is 2.77 bits per heavy atom. The van der Waals surface area contributed by atoms with Gasteiger partial charge in [0.15, 0.2) is 0 Å². The molecule has 2 unspecified atom stereocenters. The molecule has 0 amide bonds. The van der Waals surface area contributed by atoms with Gasteiger partial charge in [-0.15, -0.1) is 0 Å². The van der Waals surface area contributed by atoms with Gasteiger partial charge in [0.05, 0.1) is 6.10 Å². The van der Waals surface area contributed by atoms with Crippen LogP contribution in [-0.4, -0.2) is 27.9 Å². The van der Waals surface area contributed by atoms with Gasteiger partial charge in [0.1, 0.15) is 23.2 Å². The van der Waals surface area contributed by atoms with Crippen molar-refractivity contribution in [2.24, 2.45) is 0 Å². The molecule has 5 heteroatoms.